The van der Waals surface area contributed by atoms with Gasteiger partial charge in [0.05, 0.1) is 7.11 Å². The number of aromatic hydroxyl groups is 1. The summed E-state index contributed by atoms with van der Waals surface area (Å²) in [6, 6.07) is 5.84. The zero-order chi connectivity index (χ0) is 16.9. The lowest BCUT2D eigenvalue weighted by atomic mass is 10.2. The maximum Gasteiger partial charge on any atom is 0.193 e. The van der Waals surface area contributed by atoms with Crippen LogP contribution < -0.4 is 10.1 Å². The number of nitrogens with one attached hydrogen (secondary N) is 1. The van der Waals surface area contributed by atoms with Crippen LogP contribution in [0.3, 0.4) is 0 Å². The summed E-state index contributed by atoms with van der Waals surface area (Å²) in [5, 5.41) is 13.4. The van der Waals surface area contributed by atoms with Crippen molar-refractivity contribution in [1.29, 1.82) is 0 Å². The van der Waals surface area contributed by atoms with E-state index in [4.69, 9.17) is 4.74 Å². The molecule has 0 bridgehead atoms. The SMILES string of the molecule is CN=C(NCc1cc(OC)ccc1O)N1CCC(N2CC=CC2)C1.I. The number of aliphatic imine (C=N–C) groups is 1. The lowest BCUT2D eigenvalue weighted by Gasteiger charge is -2.25. The molecule has 1 aromatic carbocycles. The number of halogens is 1. The third-order valence-corrected chi connectivity index (χ3v) is 4.76. The fourth-order valence-electron chi connectivity index (χ4n) is 3.36. The fraction of sp³-hybridized carbons (Fsp3) is 0.500. The largest absolute Gasteiger partial charge is 0.508 e. The zero-order valence-corrected chi connectivity index (χ0v) is 17.1. The van der Waals surface area contributed by atoms with Crippen LogP contribution in [0.4, 0.5) is 0 Å². The molecule has 0 aliphatic carbocycles. The van der Waals surface area contributed by atoms with E-state index < -0.39 is 0 Å². The number of hydrogen-bond donors (Lipinski definition) is 2. The molecule has 1 fully saturated rings. The number of hydrogen-bond acceptors (Lipinski definition) is 4. The van der Waals surface area contributed by atoms with Gasteiger partial charge in [0, 0.05) is 51.4 Å². The Bertz CT molecular complexity index is 628. The lowest BCUT2D eigenvalue weighted by molar-refractivity contribution is 0.259. The summed E-state index contributed by atoms with van der Waals surface area (Å²) < 4.78 is 5.22. The average Bonchev–Trinajstić information content (AvgIpc) is 3.28. The first kappa shape index (κ1) is 19.8. The summed E-state index contributed by atoms with van der Waals surface area (Å²) in [6.07, 6.45) is 5.63. The van der Waals surface area contributed by atoms with Crippen molar-refractivity contribution < 1.29 is 9.84 Å². The lowest BCUT2D eigenvalue weighted by Crippen LogP contribution is -2.42. The third kappa shape index (κ3) is 4.78. The van der Waals surface area contributed by atoms with Gasteiger partial charge in [0.1, 0.15) is 11.5 Å². The number of likely N-dealkylation sites (tertiary alicyclic amines) is 1. The van der Waals surface area contributed by atoms with Crippen molar-refractivity contribution in [3.05, 3.63) is 35.9 Å². The van der Waals surface area contributed by atoms with E-state index in [1.54, 1.807) is 26.3 Å². The molecule has 2 aliphatic rings. The number of ether oxygens (including phenoxy) is 1. The predicted molar refractivity (Wildman–Crippen MR) is 111 cm³/mol. The third-order valence-electron chi connectivity index (χ3n) is 4.76. The van der Waals surface area contributed by atoms with Gasteiger partial charge in [0.2, 0.25) is 0 Å². The maximum absolute atomic E-state index is 10.0. The molecule has 2 N–H and O–H groups in total. The molecule has 3 rings (SSSR count). The standard InChI is InChI=1S/C18H26N4O2.HI/c1-19-18(20-12-14-11-16(24-2)5-6-17(14)23)22-10-7-15(13-22)21-8-3-4-9-21;/h3-6,11,15,23H,7-10,12-13H2,1-2H3,(H,19,20);1H. The Kier molecular flexibility index (Phi) is 7.37. The molecular formula is C18H27IN4O2. The predicted octanol–water partition coefficient (Wildman–Crippen LogP) is 2.04. The second kappa shape index (κ2) is 9.28. The van der Waals surface area contributed by atoms with Crippen molar-refractivity contribution in [2.75, 3.05) is 40.3 Å². The number of phenols is 1. The number of nitrogens with zero attached hydrogens (tertiary/aromatic N) is 3. The highest BCUT2D eigenvalue weighted by Crippen LogP contribution is 2.23. The van der Waals surface area contributed by atoms with Crippen LogP contribution in [-0.2, 0) is 6.54 Å². The van der Waals surface area contributed by atoms with Crippen LogP contribution in [0.15, 0.2) is 35.3 Å². The molecule has 2 heterocycles. The number of methoxy groups -OCH3 is 1. The zero-order valence-electron chi connectivity index (χ0n) is 14.8. The van der Waals surface area contributed by atoms with Crippen LogP contribution in [0.25, 0.3) is 0 Å². The first-order valence-corrected chi connectivity index (χ1v) is 8.41. The van der Waals surface area contributed by atoms with Crippen LogP contribution in [-0.4, -0.2) is 67.2 Å². The topological polar surface area (TPSA) is 60.3 Å². The summed E-state index contributed by atoms with van der Waals surface area (Å²) in [5.74, 6) is 1.88. The van der Waals surface area contributed by atoms with Gasteiger partial charge < -0.3 is 20.1 Å². The first-order chi connectivity index (χ1) is 11.7. The summed E-state index contributed by atoms with van der Waals surface area (Å²) in [4.78, 5) is 9.20. The van der Waals surface area contributed by atoms with Crippen LogP contribution in [0, 0.1) is 0 Å². The van der Waals surface area contributed by atoms with Crippen LogP contribution in [0.5, 0.6) is 11.5 Å². The molecule has 1 saturated heterocycles. The molecular weight excluding hydrogens is 431 g/mol. The number of phenolic OH excluding ortho intramolecular Hbond substituents is 1. The van der Waals surface area contributed by atoms with Crippen LogP contribution in [0.1, 0.15) is 12.0 Å². The van der Waals surface area contributed by atoms with E-state index in [1.165, 1.54) is 0 Å². The van der Waals surface area contributed by atoms with Crippen molar-refractivity contribution in [1.82, 2.24) is 15.1 Å². The van der Waals surface area contributed by atoms with Gasteiger partial charge in [-0.3, -0.25) is 9.89 Å². The molecule has 1 atom stereocenters. The summed E-state index contributed by atoms with van der Waals surface area (Å²) in [5.41, 5.74) is 0.801. The monoisotopic (exact) mass is 458 g/mol. The minimum atomic E-state index is 0. The fourth-order valence-corrected chi connectivity index (χ4v) is 3.36. The summed E-state index contributed by atoms with van der Waals surface area (Å²) in [6.45, 7) is 4.63. The van der Waals surface area contributed by atoms with E-state index in [1.807, 2.05) is 6.07 Å². The van der Waals surface area contributed by atoms with E-state index in [-0.39, 0.29) is 29.7 Å². The highest BCUT2D eigenvalue weighted by Gasteiger charge is 2.29. The highest BCUT2D eigenvalue weighted by molar-refractivity contribution is 14.0. The molecule has 2 aliphatic heterocycles. The van der Waals surface area contributed by atoms with Crippen LogP contribution >= 0.6 is 24.0 Å². The number of benzene rings is 1. The Hall–Kier alpha value is -1.48. The smallest absolute Gasteiger partial charge is 0.193 e. The minimum Gasteiger partial charge on any atom is -0.508 e. The number of guanidine groups is 1. The van der Waals surface area contributed by atoms with Gasteiger partial charge in [-0.25, -0.2) is 0 Å². The van der Waals surface area contributed by atoms with Crippen LogP contribution in [0.2, 0.25) is 0 Å². The molecule has 6 nitrogen and oxygen atoms in total. The molecule has 0 saturated carbocycles. The van der Waals surface area contributed by atoms with E-state index in [9.17, 15) is 5.11 Å². The van der Waals surface area contributed by atoms with Gasteiger partial charge >= 0.3 is 0 Å². The highest BCUT2D eigenvalue weighted by atomic mass is 127. The first-order valence-electron chi connectivity index (χ1n) is 8.41. The van der Waals surface area contributed by atoms with Gasteiger partial charge in [0.15, 0.2) is 5.96 Å². The minimum absolute atomic E-state index is 0. The van der Waals surface area contributed by atoms with Gasteiger partial charge in [-0.05, 0) is 24.6 Å². The normalized spacial score (nSPS) is 20.6. The molecule has 0 aromatic heterocycles. The van der Waals surface area contributed by atoms with Gasteiger partial charge in [-0.15, -0.1) is 24.0 Å². The second-order valence-corrected chi connectivity index (χ2v) is 6.21. The Labute approximate surface area is 166 Å². The molecule has 0 radical (unpaired) electrons. The van der Waals surface area contributed by atoms with Gasteiger partial charge in [-0.1, -0.05) is 12.2 Å². The van der Waals surface area contributed by atoms with E-state index in [0.29, 0.717) is 12.6 Å². The van der Waals surface area contributed by atoms with Crippen molar-refractivity contribution in [2.45, 2.75) is 19.0 Å². The van der Waals surface area contributed by atoms with E-state index in [2.05, 4.69) is 32.3 Å². The Morgan fingerprint density at radius 2 is 2.12 bits per heavy atom. The van der Waals surface area contributed by atoms with Crippen molar-refractivity contribution in [2.24, 2.45) is 4.99 Å². The van der Waals surface area contributed by atoms with Crippen molar-refractivity contribution in [3.8, 4) is 11.5 Å². The molecule has 0 amide bonds. The summed E-state index contributed by atoms with van der Waals surface area (Å²) >= 11 is 0. The summed E-state index contributed by atoms with van der Waals surface area (Å²) in [7, 11) is 3.43. The Morgan fingerprint density at radius 1 is 1.36 bits per heavy atom. The van der Waals surface area contributed by atoms with Crippen molar-refractivity contribution in [3.63, 3.8) is 0 Å². The van der Waals surface area contributed by atoms with Crippen molar-refractivity contribution >= 4 is 29.9 Å². The number of rotatable bonds is 4. The van der Waals surface area contributed by atoms with E-state index in [0.717, 1.165) is 49.9 Å². The second-order valence-electron chi connectivity index (χ2n) is 6.21. The van der Waals surface area contributed by atoms with Gasteiger partial charge in [-0.2, -0.15) is 0 Å². The molecule has 1 unspecified atom stereocenters. The molecule has 25 heavy (non-hydrogen) atoms. The molecule has 7 heteroatoms. The Balaban J connectivity index is 0.00000225. The maximum atomic E-state index is 10.0. The molecule has 1 aromatic rings. The Morgan fingerprint density at radius 3 is 2.80 bits per heavy atom. The molecule has 138 valence electrons. The van der Waals surface area contributed by atoms with Gasteiger partial charge in [0.25, 0.3) is 0 Å². The molecule has 0 spiro atoms. The van der Waals surface area contributed by atoms with E-state index >= 15 is 0 Å². The quantitative estimate of drug-likeness (QED) is 0.313. The average molecular weight is 458 g/mol.